The molecule has 0 spiro atoms. The number of carboxylic acids is 1. The Labute approximate surface area is 134 Å². The summed E-state index contributed by atoms with van der Waals surface area (Å²) in [4.78, 5) is 15.2. The van der Waals surface area contributed by atoms with E-state index in [1.807, 2.05) is 5.48 Å². The zero-order chi connectivity index (χ0) is 17.1. The Morgan fingerprint density at radius 3 is 2.62 bits per heavy atom. The van der Waals surface area contributed by atoms with E-state index in [0.717, 1.165) is 0 Å². The maximum atomic E-state index is 11.7. The van der Waals surface area contributed by atoms with Crippen LogP contribution in [-0.4, -0.2) is 26.3 Å². The summed E-state index contributed by atoms with van der Waals surface area (Å²) in [5, 5.41) is 25.9. The van der Waals surface area contributed by atoms with Crippen LogP contribution in [0.3, 0.4) is 0 Å². The number of carboxylic acid groups (broad SMARTS) is 1. The highest BCUT2D eigenvalue weighted by Gasteiger charge is 2.16. The summed E-state index contributed by atoms with van der Waals surface area (Å²) in [6.07, 6.45) is 0. The van der Waals surface area contributed by atoms with E-state index in [-0.39, 0.29) is 28.6 Å². The minimum absolute atomic E-state index is 0.0178. The van der Waals surface area contributed by atoms with E-state index in [2.05, 4.69) is 15.2 Å². The number of phenols is 1. The summed E-state index contributed by atoms with van der Waals surface area (Å²) < 4.78 is 16.8. The van der Waals surface area contributed by atoms with Crippen molar-refractivity contribution in [2.75, 3.05) is 5.48 Å². The maximum absolute atomic E-state index is 11.7. The van der Waals surface area contributed by atoms with Gasteiger partial charge in [-0.15, -0.1) is 0 Å². The summed E-state index contributed by atoms with van der Waals surface area (Å²) in [5.41, 5.74) is 3.07. The van der Waals surface area contributed by atoms with E-state index in [9.17, 15) is 14.4 Å². The number of rotatable bonds is 5. The molecule has 0 bridgehead atoms. The molecular weight excluding hydrogens is 321 g/mol. The molecule has 9 heteroatoms. The number of benzene rings is 2. The molecule has 0 amide bonds. The van der Waals surface area contributed by atoms with Gasteiger partial charge in [0.1, 0.15) is 5.75 Å². The predicted molar refractivity (Wildman–Crippen MR) is 79.6 cm³/mol. The van der Waals surface area contributed by atoms with Gasteiger partial charge >= 0.3 is 5.97 Å². The Hall–Kier alpha value is -3.46. The molecule has 0 radical (unpaired) electrons. The molecule has 3 aromatic rings. The summed E-state index contributed by atoms with van der Waals surface area (Å²) in [5.74, 6) is -1.12. The van der Waals surface area contributed by atoms with Crippen molar-refractivity contribution in [1.29, 1.82) is 0 Å². The number of aromatic carboxylic acids is 1. The van der Waals surface area contributed by atoms with Gasteiger partial charge in [0.2, 0.25) is 5.82 Å². The van der Waals surface area contributed by atoms with Crippen LogP contribution in [0.5, 0.6) is 5.75 Å². The molecule has 0 saturated heterocycles. The molecular formula is C15H10FN3O5. The van der Waals surface area contributed by atoms with E-state index in [0.29, 0.717) is 11.3 Å². The minimum Gasteiger partial charge on any atom is -0.507 e. The molecule has 0 unspecified atom stereocenters. The average Bonchev–Trinajstić information content (AvgIpc) is 3.06. The van der Waals surface area contributed by atoms with Crippen LogP contribution >= 0.6 is 0 Å². The Balaban J connectivity index is 1.93. The Kier molecular flexibility index (Phi) is 4.08. The second-order valence-electron chi connectivity index (χ2n) is 4.72. The van der Waals surface area contributed by atoms with E-state index in [1.165, 1.54) is 30.3 Å². The van der Waals surface area contributed by atoms with E-state index in [1.54, 1.807) is 12.1 Å². The van der Waals surface area contributed by atoms with Crippen molar-refractivity contribution in [1.82, 2.24) is 10.1 Å². The average molecular weight is 331 g/mol. The molecule has 0 aliphatic carbocycles. The van der Waals surface area contributed by atoms with Crippen LogP contribution < -0.4 is 5.48 Å². The van der Waals surface area contributed by atoms with Gasteiger partial charge in [0, 0.05) is 5.56 Å². The SMILES string of the molecule is O=C(O)c1ccc(O)c(-c2noc(-c3ccc(NOF)cc3)n2)c1. The van der Waals surface area contributed by atoms with Crippen LogP contribution in [0.25, 0.3) is 22.8 Å². The summed E-state index contributed by atoms with van der Waals surface area (Å²) in [6.45, 7) is 0. The Morgan fingerprint density at radius 1 is 1.21 bits per heavy atom. The van der Waals surface area contributed by atoms with Gasteiger partial charge < -0.3 is 14.7 Å². The van der Waals surface area contributed by atoms with E-state index < -0.39 is 5.97 Å². The lowest BCUT2D eigenvalue weighted by atomic mass is 10.1. The van der Waals surface area contributed by atoms with Crippen molar-refractivity contribution in [3.8, 4) is 28.6 Å². The second kappa shape index (κ2) is 6.34. The number of anilines is 1. The number of carbonyl (C=O) groups is 1. The van der Waals surface area contributed by atoms with Crippen molar-refractivity contribution in [3.63, 3.8) is 0 Å². The number of halogens is 1. The van der Waals surface area contributed by atoms with Crippen LogP contribution in [0, 0.1) is 0 Å². The van der Waals surface area contributed by atoms with Gasteiger partial charge in [-0.25, -0.2) is 10.3 Å². The molecule has 0 aliphatic heterocycles. The van der Waals surface area contributed by atoms with Crippen LogP contribution in [0.15, 0.2) is 47.0 Å². The van der Waals surface area contributed by atoms with Crippen molar-refractivity contribution in [2.45, 2.75) is 0 Å². The molecule has 2 aromatic carbocycles. The van der Waals surface area contributed by atoms with Crippen molar-refractivity contribution in [2.24, 2.45) is 0 Å². The lowest BCUT2D eigenvalue weighted by Gasteiger charge is -2.01. The molecule has 0 atom stereocenters. The third kappa shape index (κ3) is 3.01. The van der Waals surface area contributed by atoms with Crippen molar-refractivity contribution in [3.05, 3.63) is 48.0 Å². The van der Waals surface area contributed by atoms with Crippen LogP contribution in [-0.2, 0) is 5.04 Å². The molecule has 1 aromatic heterocycles. The fourth-order valence-electron chi connectivity index (χ4n) is 2.02. The monoisotopic (exact) mass is 331 g/mol. The molecule has 0 aliphatic rings. The first-order chi connectivity index (χ1) is 11.6. The van der Waals surface area contributed by atoms with Gasteiger partial charge in [0.05, 0.1) is 16.8 Å². The molecule has 3 rings (SSSR count). The minimum atomic E-state index is -1.14. The molecule has 122 valence electrons. The standard InChI is InChI=1S/C15H10FN3O5/c16-24-18-10-4-1-8(2-5-10)14-17-13(19-23-14)11-7-9(15(21)22)3-6-12(11)20/h1-7,18,20H,(H,21,22). The largest absolute Gasteiger partial charge is 0.507 e. The number of phenolic OH excluding ortho intramolecular Hbond substituents is 1. The first-order valence-electron chi connectivity index (χ1n) is 6.63. The zero-order valence-electron chi connectivity index (χ0n) is 11.9. The molecule has 8 nitrogen and oxygen atoms in total. The maximum Gasteiger partial charge on any atom is 0.335 e. The number of nitrogens with one attached hydrogen (secondary N) is 1. The number of nitrogens with zero attached hydrogens (tertiary/aromatic N) is 2. The smallest absolute Gasteiger partial charge is 0.335 e. The summed E-state index contributed by atoms with van der Waals surface area (Å²) in [6, 6.07) is 9.99. The van der Waals surface area contributed by atoms with Gasteiger partial charge in [-0.2, -0.15) is 4.98 Å². The number of aromatic hydroxyl groups is 1. The van der Waals surface area contributed by atoms with E-state index >= 15 is 0 Å². The lowest BCUT2D eigenvalue weighted by molar-refractivity contribution is -0.0973. The van der Waals surface area contributed by atoms with Crippen LogP contribution in [0.1, 0.15) is 10.4 Å². The zero-order valence-corrected chi connectivity index (χ0v) is 11.9. The van der Waals surface area contributed by atoms with Gasteiger partial charge in [0.15, 0.2) is 0 Å². The fraction of sp³-hybridized carbons (Fsp3) is 0. The highest BCUT2D eigenvalue weighted by atomic mass is 19.3. The second-order valence-corrected chi connectivity index (χ2v) is 4.72. The lowest BCUT2D eigenvalue weighted by Crippen LogP contribution is -1.96. The Bertz CT molecular complexity index is 879. The number of hydrogen-bond acceptors (Lipinski definition) is 7. The normalized spacial score (nSPS) is 10.5. The number of aromatic nitrogens is 2. The first kappa shape index (κ1) is 15.4. The highest BCUT2D eigenvalue weighted by molar-refractivity contribution is 5.90. The van der Waals surface area contributed by atoms with E-state index in [4.69, 9.17) is 9.63 Å². The molecule has 24 heavy (non-hydrogen) atoms. The van der Waals surface area contributed by atoms with Gasteiger partial charge in [-0.1, -0.05) is 10.2 Å². The van der Waals surface area contributed by atoms with Crippen molar-refractivity contribution >= 4 is 11.7 Å². The highest BCUT2D eigenvalue weighted by Crippen LogP contribution is 2.30. The van der Waals surface area contributed by atoms with Crippen LogP contribution in [0.2, 0.25) is 0 Å². The van der Waals surface area contributed by atoms with Crippen LogP contribution in [0.4, 0.5) is 10.2 Å². The molecule has 0 saturated carbocycles. The summed E-state index contributed by atoms with van der Waals surface area (Å²) in [7, 11) is 0. The molecule has 3 N–H and O–H groups in total. The predicted octanol–water partition coefficient (Wildman–Crippen LogP) is 3.04. The first-order valence-corrected chi connectivity index (χ1v) is 6.63. The summed E-state index contributed by atoms with van der Waals surface area (Å²) >= 11 is 0. The molecule has 0 fully saturated rings. The van der Waals surface area contributed by atoms with Gasteiger partial charge in [-0.05, 0) is 47.0 Å². The number of hydrogen-bond donors (Lipinski definition) is 3. The van der Waals surface area contributed by atoms with Gasteiger partial charge in [-0.3, -0.25) is 0 Å². The quantitative estimate of drug-likeness (QED) is 0.611. The third-order valence-corrected chi connectivity index (χ3v) is 3.20. The third-order valence-electron chi connectivity index (χ3n) is 3.20. The fourth-order valence-corrected chi connectivity index (χ4v) is 2.02. The topological polar surface area (TPSA) is 118 Å². The molecule has 1 heterocycles. The van der Waals surface area contributed by atoms with Crippen molar-refractivity contribution < 1.29 is 29.1 Å². The van der Waals surface area contributed by atoms with Gasteiger partial charge in [0.25, 0.3) is 5.89 Å². The Morgan fingerprint density at radius 2 is 1.96 bits per heavy atom.